The zero-order chi connectivity index (χ0) is 13.0. The highest BCUT2D eigenvalue weighted by atomic mass is 16.4. The first kappa shape index (κ1) is 12.6. The first-order chi connectivity index (χ1) is 8.65. The number of imidazole rings is 1. The van der Waals surface area contributed by atoms with Crippen molar-refractivity contribution in [3.63, 3.8) is 0 Å². The molecule has 1 atom stereocenters. The molecule has 0 fully saturated rings. The van der Waals surface area contributed by atoms with E-state index >= 15 is 0 Å². The molecule has 1 unspecified atom stereocenters. The lowest BCUT2D eigenvalue weighted by Crippen LogP contribution is -2.26. The summed E-state index contributed by atoms with van der Waals surface area (Å²) in [4.78, 5) is 18.1. The van der Waals surface area contributed by atoms with Gasteiger partial charge in [0.05, 0.1) is 17.6 Å². The van der Waals surface area contributed by atoms with Gasteiger partial charge in [-0.1, -0.05) is 12.1 Å². The second-order valence-corrected chi connectivity index (χ2v) is 4.42. The van der Waals surface area contributed by atoms with Crippen LogP contribution in [0.2, 0.25) is 0 Å². The molecule has 0 spiro atoms. The van der Waals surface area contributed by atoms with Crippen LogP contribution in [0.5, 0.6) is 0 Å². The van der Waals surface area contributed by atoms with Gasteiger partial charge in [0.1, 0.15) is 5.82 Å². The smallest absolute Gasteiger partial charge is 0.303 e. The van der Waals surface area contributed by atoms with Crippen LogP contribution in [-0.2, 0) is 11.3 Å². The SMILES string of the molecule is CC(CCC(=O)O)NCc1nc2ccccc2[nH]1. The van der Waals surface area contributed by atoms with Crippen molar-refractivity contribution in [2.75, 3.05) is 0 Å². The number of nitrogens with one attached hydrogen (secondary N) is 2. The normalized spacial score (nSPS) is 12.7. The number of aliphatic carboxylic acids is 1. The molecule has 0 aliphatic carbocycles. The van der Waals surface area contributed by atoms with E-state index in [2.05, 4.69) is 15.3 Å². The molecule has 1 aromatic carbocycles. The van der Waals surface area contributed by atoms with Crippen LogP contribution in [-0.4, -0.2) is 27.1 Å². The molecule has 0 bridgehead atoms. The number of hydrogen-bond donors (Lipinski definition) is 3. The lowest BCUT2D eigenvalue weighted by atomic mass is 10.2. The monoisotopic (exact) mass is 247 g/mol. The fourth-order valence-corrected chi connectivity index (χ4v) is 1.80. The molecule has 5 heteroatoms. The first-order valence-corrected chi connectivity index (χ1v) is 6.04. The molecule has 2 aromatic rings. The summed E-state index contributed by atoms with van der Waals surface area (Å²) < 4.78 is 0. The van der Waals surface area contributed by atoms with Crippen LogP contribution in [0.1, 0.15) is 25.6 Å². The minimum Gasteiger partial charge on any atom is -0.481 e. The second kappa shape index (κ2) is 5.64. The molecule has 18 heavy (non-hydrogen) atoms. The number of rotatable bonds is 6. The van der Waals surface area contributed by atoms with E-state index in [1.54, 1.807) is 0 Å². The number of nitrogens with zero attached hydrogens (tertiary/aromatic N) is 1. The number of hydrogen-bond acceptors (Lipinski definition) is 3. The van der Waals surface area contributed by atoms with Crippen molar-refractivity contribution in [3.8, 4) is 0 Å². The van der Waals surface area contributed by atoms with Crippen LogP contribution in [0.4, 0.5) is 0 Å². The molecule has 0 aliphatic rings. The van der Waals surface area contributed by atoms with E-state index in [0.717, 1.165) is 16.9 Å². The summed E-state index contributed by atoms with van der Waals surface area (Å²) >= 11 is 0. The Labute approximate surface area is 105 Å². The predicted octanol–water partition coefficient (Wildman–Crippen LogP) is 1.91. The third-order valence-corrected chi connectivity index (χ3v) is 2.85. The molecule has 1 aromatic heterocycles. The third kappa shape index (κ3) is 3.30. The number of para-hydroxylation sites is 2. The van der Waals surface area contributed by atoms with Gasteiger partial charge in [0.15, 0.2) is 0 Å². The van der Waals surface area contributed by atoms with Gasteiger partial charge < -0.3 is 15.4 Å². The zero-order valence-electron chi connectivity index (χ0n) is 10.3. The van der Waals surface area contributed by atoms with E-state index in [1.165, 1.54) is 0 Å². The van der Waals surface area contributed by atoms with Crippen LogP contribution >= 0.6 is 0 Å². The van der Waals surface area contributed by atoms with Gasteiger partial charge in [0, 0.05) is 12.5 Å². The summed E-state index contributed by atoms with van der Waals surface area (Å²) in [5.74, 6) is 0.116. The van der Waals surface area contributed by atoms with Gasteiger partial charge in [-0.05, 0) is 25.5 Å². The average molecular weight is 247 g/mol. The first-order valence-electron chi connectivity index (χ1n) is 6.04. The minimum atomic E-state index is -0.757. The zero-order valence-corrected chi connectivity index (χ0v) is 10.3. The Bertz CT molecular complexity index is 503. The van der Waals surface area contributed by atoms with Crippen molar-refractivity contribution >= 4 is 17.0 Å². The molecule has 0 radical (unpaired) electrons. The Kier molecular flexibility index (Phi) is 3.94. The molecule has 2 rings (SSSR count). The number of aromatic amines is 1. The maximum atomic E-state index is 10.4. The average Bonchev–Trinajstić information content (AvgIpc) is 2.76. The highest BCUT2D eigenvalue weighted by Gasteiger charge is 2.06. The Hall–Kier alpha value is -1.88. The van der Waals surface area contributed by atoms with Gasteiger partial charge in [-0.2, -0.15) is 0 Å². The highest BCUT2D eigenvalue weighted by molar-refractivity contribution is 5.74. The Morgan fingerprint density at radius 3 is 3.00 bits per heavy atom. The number of H-pyrrole nitrogens is 1. The van der Waals surface area contributed by atoms with Crippen LogP contribution in [0, 0.1) is 0 Å². The maximum Gasteiger partial charge on any atom is 0.303 e. The molecule has 96 valence electrons. The predicted molar refractivity (Wildman–Crippen MR) is 69.3 cm³/mol. The topological polar surface area (TPSA) is 78.0 Å². The van der Waals surface area contributed by atoms with Gasteiger partial charge in [0.2, 0.25) is 0 Å². The lowest BCUT2D eigenvalue weighted by Gasteiger charge is -2.10. The van der Waals surface area contributed by atoms with E-state index in [9.17, 15) is 4.79 Å². The van der Waals surface area contributed by atoms with Crippen molar-refractivity contribution in [2.24, 2.45) is 0 Å². The summed E-state index contributed by atoms with van der Waals surface area (Å²) in [6, 6.07) is 8.03. The minimum absolute atomic E-state index is 0.161. The molecular weight excluding hydrogens is 230 g/mol. The largest absolute Gasteiger partial charge is 0.481 e. The summed E-state index contributed by atoms with van der Waals surface area (Å²) in [6.07, 6.45) is 0.809. The number of benzene rings is 1. The highest BCUT2D eigenvalue weighted by Crippen LogP contribution is 2.10. The molecule has 3 N–H and O–H groups in total. The Morgan fingerprint density at radius 1 is 1.50 bits per heavy atom. The molecule has 0 saturated heterocycles. The standard InChI is InChI=1S/C13H17N3O2/c1-9(6-7-13(17)18)14-8-12-15-10-4-2-3-5-11(10)16-12/h2-5,9,14H,6-8H2,1H3,(H,15,16)(H,17,18). The lowest BCUT2D eigenvalue weighted by molar-refractivity contribution is -0.137. The fourth-order valence-electron chi connectivity index (χ4n) is 1.80. The van der Waals surface area contributed by atoms with Gasteiger partial charge >= 0.3 is 5.97 Å². The number of carbonyl (C=O) groups is 1. The molecular formula is C13H17N3O2. The summed E-state index contributed by atoms with van der Waals surface area (Å²) in [7, 11) is 0. The van der Waals surface area contributed by atoms with Crippen molar-refractivity contribution in [1.29, 1.82) is 0 Å². The van der Waals surface area contributed by atoms with Crippen molar-refractivity contribution < 1.29 is 9.90 Å². The van der Waals surface area contributed by atoms with Gasteiger partial charge in [-0.25, -0.2) is 4.98 Å². The van der Waals surface area contributed by atoms with Crippen LogP contribution < -0.4 is 5.32 Å². The summed E-state index contributed by atoms with van der Waals surface area (Å²) in [5, 5.41) is 11.9. The van der Waals surface area contributed by atoms with Crippen molar-refractivity contribution in [1.82, 2.24) is 15.3 Å². The van der Waals surface area contributed by atoms with Crippen molar-refractivity contribution in [3.05, 3.63) is 30.1 Å². The maximum absolute atomic E-state index is 10.4. The Balaban J connectivity index is 1.87. The second-order valence-electron chi connectivity index (χ2n) is 4.42. The molecule has 0 aliphatic heterocycles. The molecule has 0 amide bonds. The van der Waals surface area contributed by atoms with E-state index in [0.29, 0.717) is 13.0 Å². The number of carboxylic acid groups (broad SMARTS) is 1. The van der Waals surface area contributed by atoms with Gasteiger partial charge in [-0.3, -0.25) is 4.79 Å². The molecule has 5 nitrogen and oxygen atoms in total. The van der Waals surface area contributed by atoms with Crippen LogP contribution in [0.3, 0.4) is 0 Å². The van der Waals surface area contributed by atoms with Crippen LogP contribution in [0.25, 0.3) is 11.0 Å². The number of aromatic nitrogens is 2. The van der Waals surface area contributed by atoms with E-state index in [-0.39, 0.29) is 12.5 Å². The fraction of sp³-hybridized carbons (Fsp3) is 0.385. The summed E-state index contributed by atoms with van der Waals surface area (Å²) in [6.45, 7) is 2.60. The van der Waals surface area contributed by atoms with Gasteiger partial charge in [0.25, 0.3) is 0 Å². The van der Waals surface area contributed by atoms with Crippen LogP contribution in [0.15, 0.2) is 24.3 Å². The van der Waals surface area contributed by atoms with E-state index < -0.39 is 5.97 Å². The summed E-state index contributed by atoms with van der Waals surface area (Å²) in [5.41, 5.74) is 1.97. The molecule has 1 heterocycles. The van der Waals surface area contributed by atoms with Crippen molar-refractivity contribution in [2.45, 2.75) is 32.4 Å². The van der Waals surface area contributed by atoms with E-state index in [4.69, 9.17) is 5.11 Å². The van der Waals surface area contributed by atoms with E-state index in [1.807, 2.05) is 31.2 Å². The van der Waals surface area contributed by atoms with Gasteiger partial charge in [-0.15, -0.1) is 0 Å². The Morgan fingerprint density at radius 2 is 2.28 bits per heavy atom. The quantitative estimate of drug-likeness (QED) is 0.728. The number of carboxylic acids is 1. The molecule has 0 saturated carbocycles. The third-order valence-electron chi connectivity index (χ3n) is 2.85. The number of fused-ring (bicyclic) bond motifs is 1.